The summed E-state index contributed by atoms with van der Waals surface area (Å²) >= 11 is 0. The number of aliphatic imine (C=N–C) groups is 1. The molecule has 2 rings (SSSR count). The maximum Gasteiger partial charge on any atom is 0.216 e. The number of ether oxygens (including phenoxy) is 1. The summed E-state index contributed by atoms with van der Waals surface area (Å²) in [5, 5.41) is 16.0. The number of hydrogen-bond acceptors (Lipinski definition) is 5. The zero-order chi connectivity index (χ0) is 22.0. The fraction of sp³-hybridized carbons (Fsp3) is 0.667. The second-order valence-corrected chi connectivity index (χ2v) is 9.88. The van der Waals surface area contributed by atoms with E-state index < -0.39 is 10.0 Å². The molecule has 0 radical (unpaired) electrons. The molecule has 8 nitrogen and oxygen atoms in total. The molecule has 1 fully saturated rings. The summed E-state index contributed by atoms with van der Waals surface area (Å²) in [5.41, 5.74) is 1.53. The Kier molecular flexibility index (Phi) is 9.54. The first kappa shape index (κ1) is 24.6. The number of nitrogens with one attached hydrogen (secondary N) is 3. The van der Waals surface area contributed by atoms with Crippen LogP contribution in [0.4, 0.5) is 0 Å². The van der Waals surface area contributed by atoms with Gasteiger partial charge in [-0.25, -0.2) is 18.1 Å². The lowest BCUT2D eigenvalue weighted by Crippen LogP contribution is -2.44. The molecule has 4 N–H and O–H groups in total. The maximum absolute atomic E-state index is 12.3. The second-order valence-electron chi connectivity index (χ2n) is 8.13. The van der Waals surface area contributed by atoms with Crippen LogP contribution in [0, 0.1) is 5.41 Å². The Hall–Kier alpha value is -1.68. The normalized spacial score (nSPS) is 20.0. The number of nitrogens with zero attached hydrogens (tertiary/aromatic N) is 1. The summed E-state index contributed by atoms with van der Waals surface area (Å²) in [7, 11) is -3.41. The first-order chi connectivity index (χ1) is 14.3. The number of guanidine groups is 1. The average molecular weight is 441 g/mol. The van der Waals surface area contributed by atoms with Crippen molar-refractivity contribution in [2.24, 2.45) is 10.4 Å². The topological polar surface area (TPSA) is 112 Å². The van der Waals surface area contributed by atoms with Crippen LogP contribution in [0.2, 0.25) is 0 Å². The van der Waals surface area contributed by atoms with Crippen LogP contribution in [0.3, 0.4) is 0 Å². The van der Waals surface area contributed by atoms with E-state index in [-0.39, 0.29) is 23.8 Å². The molecule has 9 heteroatoms. The monoisotopic (exact) mass is 440 g/mol. The molecule has 0 saturated carbocycles. The lowest BCUT2D eigenvalue weighted by molar-refractivity contribution is 0.127. The van der Waals surface area contributed by atoms with Crippen LogP contribution in [0.15, 0.2) is 29.3 Å². The molecule has 1 aliphatic rings. The van der Waals surface area contributed by atoms with Gasteiger partial charge in [0.1, 0.15) is 0 Å². The SMILES string of the molecule is CCNC(=NCc1ccccc1CS(=O)(=O)NC(C)C)NCC1(CCO)CCOC1. The highest BCUT2D eigenvalue weighted by molar-refractivity contribution is 7.88. The smallest absolute Gasteiger partial charge is 0.216 e. The zero-order valence-electron chi connectivity index (χ0n) is 18.3. The summed E-state index contributed by atoms with van der Waals surface area (Å²) in [6.07, 6.45) is 1.59. The molecule has 0 amide bonds. The Labute approximate surface area is 180 Å². The van der Waals surface area contributed by atoms with Gasteiger partial charge in [0.2, 0.25) is 10.0 Å². The Morgan fingerprint density at radius 3 is 2.60 bits per heavy atom. The predicted octanol–water partition coefficient (Wildman–Crippen LogP) is 1.36. The Morgan fingerprint density at radius 2 is 2.00 bits per heavy atom. The van der Waals surface area contributed by atoms with Crippen LogP contribution < -0.4 is 15.4 Å². The van der Waals surface area contributed by atoms with Crippen LogP contribution in [-0.4, -0.2) is 58.4 Å². The van der Waals surface area contributed by atoms with Gasteiger partial charge in [0.15, 0.2) is 5.96 Å². The summed E-state index contributed by atoms with van der Waals surface area (Å²) in [4.78, 5) is 4.66. The number of rotatable bonds is 11. The van der Waals surface area contributed by atoms with E-state index in [9.17, 15) is 13.5 Å². The van der Waals surface area contributed by atoms with E-state index in [4.69, 9.17) is 4.74 Å². The van der Waals surface area contributed by atoms with E-state index in [0.29, 0.717) is 45.2 Å². The third-order valence-corrected chi connectivity index (χ3v) is 6.61. The van der Waals surface area contributed by atoms with Crippen molar-refractivity contribution < 1.29 is 18.3 Å². The number of aliphatic hydroxyl groups excluding tert-OH is 1. The largest absolute Gasteiger partial charge is 0.396 e. The molecule has 0 bridgehead atoms. The van der Waals surface area contributed by atoms with Gasteiger partial charge in [0, 0.05) is 37.8 Å². The van der Waals surface area contributed by atoms with E-state index in [1.165, 1.54) is 0 Å². The minimum atomic E-state index is -3.41. The Bertz CT molecular complexity index is 790. The summed E-state index contributed by atoms with van der Waals surface area (Å²) in [6, 6.07) is 7.33. The van der Waals surface area contributed by atoms with Crippen LogP contribution in [-0.2, 0) is 27.1 Å². The third-order valence-electron chi connectivity index (χ3n) is 5.09. The van der Waals surface area contributed by atoms with E-state index in [2.05, 4.69) is 20.3 Å². The summed E-state index contributed by atoms with van der Waals surface area (Å²) in [5.74, 6) is 0.595. The van der Waals surface area contributed by atoms with Crippen molar-refractivity contribution in [1.29, 1.82) is 0 Å². The van der Waals surface area contributed by atoms with Crippen molar-refractivity contribution in [3.05, 3.63) is 35.4 Å². The predicted molar refractivity (Wildman–Crippen MR) is 120 cm³/mol. The Balaban J connectivity index is 2.09. The number of sulfonamides is 1. The van der Waals surface area contributed by atoms with Gasteiger partial charge in [-0.05, 0) is 44.7 Å². The molecular weight excluding hydrogens is 404 g/mol. The van der Waals surface area contributed by atoms with Crippen molar-refractivity contribution in [2.45, 2.75) is 52.0 Å². The van der Waals surface area contributed by atoms with E-state index in [1.54, 1.807) is 13.8 Å². The molecule has 170 valence electrons. The summed E-state index contributed by atoms with van der Waals surface area (Å²) < 4.78 is 32.9. The second kappa shape index (κ2) is 11.6. The summed E-state index contributed by atoms with van der Waals surface area (Å²) in [6.45, 7) is 8.82. The van der Waals surface area contributed by atoms with Crippen molar-refractivity contribution >= 4 is 16.0 Å². The standard InChI is InChI=1S/C21H36N4O4S/c1-4-22-20(24-15-21(9-11-26)10-12-29-16-21)23-13-18-7-5-6-8-19(18)14-30(27,28)25-17(2)3/h5-8,17,25-26H,4,9-16H2,1-3H3,(H2,22,23,24). The molecule has 1 heterocycles. The maximum atomic E-state index is 12.3. The highest BCUT2D eigenvalue weighted by atomic mass is 32.2. The van der Waals surface area contributed by atoms with Gasteiger partial charge in [-0.3, -0.25) is 0 Å². The van der Waals surface area contributed by atoms with E-state index in [0.717, 1.165) is 17.5 Å². The first-order valence-electron chi connectivity index (χ1n) is 10.6. The van der Waals surface area contributed by atoms with Crippen molar-refractivity contribution in [2.75, 3.05) is 32.9 Å². The average Bonchev–Trinajstić information content (AvgIpc) is 3.13. The van der Waals surface area contributed by atoms with Gasteiger partial charge < -0.3 is 20.5 Å². The molecule has 30 heavy (non-hydrogen) atoms. The van der Waals surface area contributed by atoms with Crippen LogP contribution in [0.1, 0.15) is 44.7 Å². The number of hydrogen-bond donors (Lipinski definition) is 4. The van der Waals surface area contributed by atoms with Crippen LogP contribution in [0.25, 0.3) is 0 Å². The minimum Gasteiger partial charge on any atom is -0.396 e. The van der Waals surface area contributed by atoms with Gasteiger partial charge in [0.05, 0.1) is 18.9 Å². The van der Waals surface area contributed by atoms with Crippen molar-refractivity contribution in [1.82, 2.24) is 15.4 Å². The molecule has 1 unspecified atom stereocenters. The van der Waals surface area contributed by atoms with Gasteiger partial charge in [-0.2, -0.15) is 0 Å². The van der Waals surface area contributed by atoms with Crippen molar-refractivity contribution in [3.8, 4) is 0 Å². The van der Waals surface area contributed by atoms with Gasteiger partial charge >= 0.3 is 0 Å². The molecule has 1 aromatic carbocycles. The molecule has 1 saturated heterocycles. The molecule has 1 aliphatic heterocycles. The molecule has 1 atom stereocenters. The quantitative estimate of drug-likeness (QED) is 0.305. The zero-order valence-corrected chi connectivity index (χ0v) is 19.1. The first-order valence-corrected chi connectivity index (χ1v) is 12.2. The highest BCUT2D eigenvalue weighted by Crippen LogP contribution is 2.31. The third kappa shape index (κ3) is 7.86. The molecular formula is C21H36N4O4S. The molecule has 0 aromatic heterocycles. The number of aliphatic hydroxyl groups is 1. The lowest BCUT2D eigenvalue weighted by Gasteiger charge is -2.27. The fourth-order valence-electron chi connectivity index (χ4n) is 3.55. The van der Waals surface area contributed by atoms with Crippen molar-refractivity contribution in [3.63, 3.8) is 0 Å². The van der Waals surface area contributed by atoms with Crippen LogP contribution in [0.5, 0.6) is 0 Å². The van der Waals surface area contributed by atoms with Gasteiger partial charge in [-0.1, -0.05) is 24.3 Å². The lowest BCUT2D eigenvalue weighted by atomic mass is 9.84. The van der Waals surface area contributed by atoms with Gasteiger partial charge in [-0.15, -0.1) is 0 Å². The number of benzene rings is 1. The van der Waals surface area contributed by atoms with E-state index in [1.807, 2.05) is 31.2 Å². The van der Waals surface area contributed by atoms with Crippen LogP contribution >= 0.6 is 0 Å². The minimum absolute atomic E-state index is 0.0716. The molecule has 0 spiro atoms. The van der Waals surface area contributed by atoms with E-state index >= 15 is 0 Å². The highest BCUT2D eigenvalue weighted by Gasteiger charge is 2.34. The van der Waals surface area contributed by atoms with Gasteiger partial charge in [0.25, 0.3) is 0 Å². The molecule has 0 aliphatic carbocycles. The fourth-order valence-corrected chi connectivity index (χ4v) is 5.04. The Morgan fingerprint density at radius 1 is 1.27 bits per heavy atom. The molecule has 1 aromatic rings.